The molecule has 1 amide bonds. The summed E-state index contributed by atoms with van der Waals surface area (Å²) in [6.45, 7) is 5.57. The zero-order valence-electron chi connectivity index (χ0n) is 17.1. The van der Waals surface area contributed by atoms with Gasteiger partial charge in [-0.15, -0.1) is 24.0 Å². The molecule has 0 aromatic heterocycles. The number of aliphatic imine (C=N–C) groups is 1. The lowest BCUT2D eigenvalue weighted by Gasteiger charge is -2.36. The van der Waals surface area contributed by atoms with Gasteiger partial charge in [0.05, 0.1) is 6.42 Å². The van der Waals surface area contributed by atoms with Crippen molar-refractivity contribution in [3.8, 4) is 0 Å². The topological polar surface area (TPSA) is 57.2 Å². The average molecular weight is 535 g/mol. The molecule has 3 rings (SSSR count). The zero-order chi connectivity index (χ0) is 19.8. The fourth-order valence-corrected chi connectivity index (χ4v) is 3.56. The van der Waals surface area contributed by atoms with Crippen molar-refractivity contribution in [3.05, 3.63) is 34.9 Å². The number of rotatable bonds is 8. The van der Waals surface area contributed by atoms with Gasteiger partial charge in [0.25, 0.3) is 0 Å². The van der Waals surface area contributed by atoms with E-state index >= 15 is 0 Å². The Hall–Kier alpha value is -1.06. The number of hydrogen-bond donors (Lipinski definition) is 1. The van der Waals surface area contributed by atoms with Crippen LogP contribution < -0.4 is 5.32 Å². The van der Waals surface area contributed by atoms with Gasteiger partial charge in [0.1, 0.15) is 0 Å². The summed E-state index contributed by atoms with van der Waals surface area (Å²) in [5.41, 5.74) is 0.960. The van der Waals surface area contributed by atoms with E-state index in [9.17, 15) is 4.79 Å². The second-order valence-corrected chi connectivity index (χ2v) is 7.96. The lowest BCUT2D eigenvalue weighted by molar-refractivity contribution is -0.131. The van der Waals surface area contributed by atoms with Crippen molar-refractivity contribution in [2.45, 2.75) is 25.7 Å². The molecule has 29 heavy (non-hydrogen) atoms. The third-order valence-corrected chi connectivity index (χ3v) is 5.42. The lowest BCUT2D eigenvalue weighted by atomic mass is 10.1. The number of piperazine rings is 1. The summed E-state index contributed by atoms with van der Waals surface area (Å²) < 4.78 is 5.67. The van der Waals surface area contributed by atoms with E-state index in [2.05, 4.69) is 15.2 Å². The van der Waals surface area contributed by atoms with Crippen LogP contribution in [-0.4, -0.2) is 74.7 Å². The zero-order valence-corrected chi connectivity index (χ0v) is 20.2. The SMILES string of the molecule is CN=C(NCCCOCC1CC1)N1CCN(C(=O)Cc2cccc(Cl)c2)CC1.I. The first kappa shape index (κ1) is 24.2. The van der Waals surface area contributed by atoms with E-state index in [-0.39, 0.29) is 29.9 Å². The van der Waals surface area contributed by atoms with E-state index in [1.807, 2.05) is 36.2 Å². The second-order valence-electron chi connectivity index (χ2n) is 7.52. The first-order valence-electron chi connectivity index (χ1n) is 10.2. The van der Waals surface area contributed by atoms with Crippen molar-refractivity contribution < 1.29 is 9.53 Å². The van der Waals surface area contributed by atoms with E-state index in [1.54, 1.807) is 0 Å². The predicted octanol–water partition coefficient (Wildman–Crippen LogP) is 3.04. The highest BCUT2D eigenvalue weighted by Gasteiger charge is 2.23. The largest absolute Gasteiger partial charge is 0.381 e. The first-order valence-corrected chi connectivity index (χ1v) is 10.6. The summed E-state index contributed by atoms with van der Waals surface area (Å²) >= 11 is 6.01. The van der Waals surface area contributed by atoms with Crippen molar-refractivity contribution in [1.82, 2.24) is 15.1 Å². The number of guanidine groups is 1. The number of nitrogens with one attached hydrogen (secondary N) is 1. The molecule has 1 aliphatic carbocycles. The number of carbonyl (C=O) groups is 1. The molecule has 6 nitrogen and oxygen atoms in total. The summed E-state index contributed by atoms with van der Waals surface area (Å²) in [4.78, 5) is 21.1. The highest BCUT2D eigenvalue weighted by atomic mass is 127. The van der Waals surface area contributed by atoms with Crippen molar-refractivity contribution in [2.75, 3.05) is 53.0 Å². The molecule has 8 heteroatoms. The Morgan fingerprint density at radius 3 is 2.62 bits per heavy atom. The number of ether oxygens (including phenoxy) is 1. The van der Waals surface area contributed by atoms with Crippen LogP contribution in [0.3, 0.4) is 0 Å². The van der Waals surface area contributed by atoms with Gasteiger partial charge in [-0.25, -0.2) is 0 Å². The maximum absolute atomic E-state index is 12.6. The maximum Gasteiger partial charge on any atom is 0.227 e. The van der Waals surface area contributed by atoms with E-state index < -0.39 is 0 Å². The van der Waals surface area contributed by atoms with Crippen LogP contribution in [0, 0.1) is 5.92 Å². The summed E-state index contributed by atoms with van der Waals surface area (Å²) in [6, 6.07) is 7.51. The molecule has 1 heterocycles. The average Bonchev–Trinajstić information content (AvgIpc) is 3.52. The van der Waals surface area contributed by atoms with Crippen LogP contribution >= 0.6 is 35.6 Å². The van der Waals surface area contributed by atoms with Gasteiger partial charge in [0.2, 0.25) is 5.91 Å². The van der Waals surface area contributed by atoms with Crippen LogP contribution in [0.4, 0.5) is 0 Å². The van der Waals surface area contributed by atoms with Crippen LogP contribution in [0.2, 0.25) is 5.02 Å². The van der Waals surface area contributed by atoms with Crippen LogP contribution in [0.5, 0.6) is 0 Å². The Labute approximate surface area is 196 Å². The Kier molecular flexibility index (Phi) is 10.5. The van der Waals surface area contributed by atoms with Crippen molar-refractivity contribution >= 4 is 47.4 Å². The van der Waals surface area contributed by atoms with Gasteiger partial charge in [-0.05, 0) is 42.9 Å². The van der Waals surface area contributed by atoms with Crippen LogP contribution in [-0.2, 0) is 16.0 Å². The molecule has 1 N–H and O–H groups in total. The van der Waals surface area contributed by atoms with Gasteiger partial charge in [-0.2, -0.15) is 0 Å². The quantitative estimate of drug-likeness (QED) is 0.241. The molecule has 162 valence electrons. The Morgan fingerprint density at radius 2 is 1.97 bits per heavy atom. The highest BCUT2D eigenvalue weighted by molar-refractivity contribution is 14.0. The van der Waals surface area contributed by atoms with E-state index in [0.717, 1.165) is 56.7 Å². The molecule has 0 unspecified atom stereocenters. The van der Waals surface area contributed by atoms with Gasteiger partial charge >= 0.3 is 0 Å². The van der Waals surface area contributed by atoms with Gasteiger partial charge < -0.3 is 19.9 Å². The van der Waals surface area contributed by atoms with Gasteiger partial charge in [-0.3, -0.25) is 9.79 Å². The summed E-state index contributed by atoms with van der Waals surface area (Å²) in [5, 5.41) is 4.08. The van der Waals surface area contributed by atoms with Gasteiger partial charge in [0.15, 0.2) is 5.96 Å². The minimum absolute atomic E-state index is 0. The lowest BCUT2D eigenvalue weighted by Crippen LogP contribution is -2.54. The Morgan fingerprint density at radius 1 is 1.24 bits per heavy atom. The summed E-state index contributed by atoms with van der Waals surface area (Å²) in [7, 11) is 1.81. The van der Waals surface area contributed by atoms with Gasteiger partial charge in [-0.1, -0.05) is 23.7 Å². The smallest absolute Gasteiger partial charge is 0.227 e. The van der Waals surface area contributed by atoms with Crippen LogP contribution in [0.25, 0.3) is 0 Å². The monoisotopic (exact) mass is 534 g/mol. The molecule has 0 bridgehead atoms. The maximum atomic E-state index is 12.6. The number of carbonyl (C=O) groups excluding carboxylic acids is 1. The number of benzene rings is 1. The minimum Gasteiger partial charge on any atom is -0.381 e. The van der Waals surface area contributed by atoms with Crippen molar-refractivity contribution in [2.24, 2.45) is 10.9 Å². The van der Waals surface area contributed by atoms with Crippen LogP contribution in [0.1, 0.15) is 24.8 Å². The molecule has 0 atom stereocenters. The van der Waals surface area contributed by atoms with Gasteiger partial charge in [0, 0.05) is 58.0 Å². The highest BCUT2D eigenvalue weighted by Crippen LogP contribution is 2.28. The number of hydrogen-bond acceptors (Lipinski definition) is 3. The minimum atomic E-state index is 0. The predicted molar refractivity (Wildman–Crippen MR) is 128 cm³/mol. The Balaban J connectivity index is 0.00000300. The molecule has 2 aliphatic rings. The number of amides is 1. The van der Waals surface area contributed by atoms with E-state index in [0.29, 0.717) is 24.5 Å². The summed E-state index contributed by atoms with van der Waals surface area (Å²) in [5.74, 6) is 1.88. The molecule has 1 aromatic carbocycles. The van der Waals surface area contributed by atoms with Crippen molar-refractivity contribution in [3.63, 3.8) is 0 Å². The fourth-order valence-electron chi connectivity index (χ4n) is 3.34. The molecular weight excluding hydrogens is 503 g/mol. The molecule has 1 aliphatic heterocycles. The second kappa shape index (κ2) is 12.6. The molecule has 0 radical (unpaired) electrons. The molecule has 0 spiro atoms. The molecule has 1 aromatic rings. The molecule has 1 saturated heterocycles. The van der Waals surface area contributed by atoms with E-state index in [4.69, 9.17) is 16.3 Å². The molecule has 1 saturated carbocycles. The third-order valence-electron chi connectivity index (χ3n) is 5.19. The third kappa shape index (κ3) is 8.30. The Bertz CT molecular complexity index is 676. The van der Waals surface area contributed by atoms with Crippen molar-refractivity contribution in [1.29, 1.82) is 0 Å². The van der Waals surface area contributed by atoms with E-state index in [1.165, 1.54) is 12.8 Å². The molecular formula is C21H32ClIN4O2. The van der Waals surface area contributed by atoms with Crippen LogP contribution in [0.15, 0.2) is 29.3 Å². The first-order chi connectivity index (χ1) is 13.7. The summed E-state index contributed by atoms with van der Waals surface area (Å²) in [6.07, 6.45) is 4.04. The fraction of sp³-hybridized carbons (Fsp3) is 0.619. The standard InChI is InChI=1S/C21H31ClN4O2.HI/c1-23-21(24-8-3-13-28-16-17-6-7-17)26-11-9-25(10-12-26)20(27)15-18-4-2-5-19(22)14-18;/h2,4-5,14,17H,3,6-13,15-16H2,1H3,(H,23,24);1H. The number of nitrogens with zero attached hydrogens (tertiary/aromatic N) is 3. The molecule has 2 fully saturated rings. The normalized spacial score (nSPS) is 17.1. The number of halogens is 2.